The number of nitrogen functional groups attached to an aromatic ring is 1. The summed E-state index contributed by atoms with van der Waals surface area (Å²) < 4.78 is 31.9. The van der Waals surface area contributed by atoms with Gasteiger partial charge in [-0.25, -0.2) is 14.2 Å². The second-order valence-electron chi connectivity index (χ2n) is 6.47. The standard InChI is InChI=1S/C14H16Cl6N5O5P/c15-13(16,17)6-29-31(26,30-7-14(18,19)20)28-5-9-3-8(4-27-9)25-12-11(23-24-25)10(21)1-2-22-12/h1-2,8-9H,3-7H2,(H2,21,22)/t8-,9-/m1/s1. The molecule has 0 unspecified atom stereocenters. The average Bonchev–Trinajstić information content (AvgIpc) is 3.30. The van der Waals surface area contributed by atoms with E-state index in [1.54, 1.807) is 16.9 Å². The van der Waals surface area contributed by atoms with Crippen LogP contribution in [0.25, 0.3) is 11.2 Å². The number of nitrogens with zero attached hydrogens (tertiary/aromatic N) is 4. The minimum Gasteiger partial charge on any atom is -0.397 e. The van der Waals surface area contributed by atoms with E-state index >= 15 is 0 Å². The number of hydrogen-bond donors (Lipinski definition) is 1. The fourth-order valence-electron chi connectivity index (χ4n) is 2.67. The van der Waals surface area contributed by atoms with Crippen molar-refractivity contribution in [2.75, 3.05) is 32.2 Å². The Morgan fingerprint density at radius 3 is 2.42 bits per heavy atom. The highest BCUT2D eigenvalue weighted by Crippen LogP contribution is 2.53. The number of phosphoric acid groups is 1. The van der Waals surface area contributed by atoms with Gasteiger partial charge in [0.25, 0.3) is 0 Å². The van der Waals surface area contributed by atoms with Gasteiger partial charge in [0.05, 0.1) is 31.0 Å². The highest BCUT2D eigenvalue weighted by atomic mass is 35.6. The van der Waals surface area contributed by atoms with Gasteiger partial charge in [-0.3, -0.25) is 13.6 Å². The molecule has 2 N–H and O–H groups in total. The normalized spacial score (nSPS) is 20.6. The molecule has 10 nitrogen and oxygen atoms in total. The quantitative estimate of drug-likeness (QED) is 0.353. The second kappa shape index (κ2) is 10.2. The van der Waals surface area contributed by atoms with Crippen molar-refractivity contribution in [3.8, 4) is 0 Å². The number of anilines is 1. The van der Waals surface area contributed by atoms with Gasteiger partial charge in [0.15, 0.2) is 11.2 Å². The zero-order valence-electron chi connectivity index (χ0n) is 15.5. The molecule has 2 atom stereocenters. The molecule has 31 heavy (non-hydrogen) atoms. The molecule has 3 rings (SSSR count). The summed E-state index contributed by atoms with van der Waals surface area (Å²) in [6.07, 6.45) is 1.53. The maximum Gasteiger partial charge on any atom is 0.475 e. The molecular formula is C14H16Cl6N5O5P. The highest BCUT2D eigenvalue weighted by molar-refractivity contribution is 7.48. The Kier molecular flexibility index (Phi) is 8.48. The molecule has 0 spiro atoms. The van der Waals surface area contributed by atoms with Crippen molar-refractivity contribution in [1.29, 1.82) is 0 Å². The van der Waals surface area contributed by atoms with E-state index in [-0.39, 0.29) is 19.3 Å². The Morgan fingerprint density at radius 1 is 1.16 bits per heavy atom. The first-order chi connectivity index (χ1) is 14.4. The van der Waals surface area contributed by atoms with Crippen LogP contribution >= 0.6 is 77.4 Å². The summed E-state index contributed by atoms with van der Waals surface area (Å²) in [4.78, 5) is 4.26. The van der Waals surface area contributed by atoms with Crippen molar-refractivity contribution in [2.45, 2.75) is 26.2 Å². The highest BCUT2D eigenvalue weighted by Gasteiger charge is 2.37. The summed E-state index contributed by atoms with van der Waals surface area (Å²) >= 11 is 33.8. The molecule has 1 aliphatic rings. The molecule has 0 amide bonds. The van der Waals surface area contributed by atoms with Crippen molar-refractivity contribution in [1.82, 2.24) is 20.0 Å². The molecule has 174 valence electrons. The Bertz CT molecular complexity index is 932. The topological polar surface area (TPSA) is 124 Å². The van der Waals surface area contributed by atoms with Gasteiger partial charge >= 0.3 is 7.82 Å². The molecule has 0 aliphatic carbocycles. The maximum absolute atomic E-state index is 12.9. The number of nitrogens with two attached hydrogens (primary N) is 1. The smallest absolute Gasteiger partial charge is 0.397 e. The van der Waals surface area contributed by atoms with Crippen LogP contribution in [0.4, 0.5) is 5.69 Å². The Labute approximate surface area is 207 Å². The Morgan fingerprint density at radius 2 is 1.81 bits per heavy atom. The van der Waals surface area contributed by atoms with Crippen molar-refractivity contribution >= 4 is 94.3 Å². The molecule has 0 saturated carbocycles. The molecular weight excluding hydrogens is 562 g/mol. The van der Waals surface area contributed by atoms with Crippen molar-refractivity contribution in [3.05, 3.63) is 12.3 Å². The number of rotatable bonds is 8. The molecule has 1 saturated heterocycles. The molecule has 0 aromatic carbocycles. The molecule has 2 aromatic heterocycles. The SMILES string of the molecule is Nc1ccnc2c1nnn2[C@H]1CO[C@@H](COP(=O)(OCC(Cl)(Cl)Cl)OCC(Cl)(Cl)Cl)C1. The van der Waals surface area contributed by atoms with Crippen molar-refractivity contribution in [2.24, 2.45) is 0 Å². The van der Waals surface area contributed by atoms with Gasteiger partial charge in [-0.05, 0) is 6.07 Å². The number of hydrogen-bond acceptors (Lipinski definition) is 9. The zero-order chi connectivity index (χ0) is 22.9. The van der Waals surface area contributed by atoms with Crippen LogP contribution in [0.3, 0.4) is 0 Å². The first-order valence-corrected chi connectivity index (χ1v) is 12.3. The summed E-state index contributed by atoms with van der Waals surface area (Å²) in [5.74, 6) is 0. The lowest BCUT2D eigenvalue weighted by Crippen LogP contribution is -2.20. The van der Waals surface area contributed by atoms with E-state index < -0.39 is 34.7 Å². The van der Waals surface area contributed by atoms with Crippen LogP contribution in [0.15, 0.2) is 12.3 Å². The third kappa shape index (κ3) is 7.58. The van der Waals surface area contributed by atoms with Crippen LogP contribution in [0, 0.1) is 0 Å². The monoisotopic (exact) mass is 575 g/mol. The van der Waals surface area contributed by atoms with E-state index in [0.717, 1.165) is 0 Å². The number of fused-ring (bicyclic) bond motifs is 1. The number of halogens is 6. The summed E-state index contributed by atoms with van der Waals surface area (Å²) in [6.45, 7) is -1.05. The van der Waals surface area contributed by atoms with Gasteiger partial charge in [-0.2, -0.15) is 0 Å². The van der Waals surface area contributed by atoms with E-state index in [4.69, 9.17) is 93.6 Å². The molecule has 0 radical (unpaired) electrons. The summed E-state index contributed by atoms with van der Waals surface area (Å²) in [7, 11) is -4.24. The second-order valence-corrected chi connectivity index (χ2v) is 13.2. The molecule has 2 aromatic rings. The van der Waals surface area contributed by atoms with Crippen LogP contribution in [0.2, 0.25) is 0 Å². The van der Waals surface area contributed by atoms with Crippen LogP contribution in [0.5, 0.6) is 0 Å². The molecule has 17 heteroatoms. The summed E-state index contributed by atoms with van der Waals surface area (Å²) in [5.41, 5.74) is 7.37. The predicted octanol–water partition coefficient (Wildman–Crippen LogP) is 4.64. The summed E-state index contributed by atoms with van der Waals surface area (Å²) in [5, 5.41) is 8.15. The first-order valence-electron chi connectivity index (χ1n) is 8.59. The lowest BCUT2D eigenvalue weighted by Gasteiger charge is -2.23. The van der Waals surface area contributed by atoms with E-state index in [2.05, 4.69) is 15.3 Å². The van der Waals surface area contributed by atoms with Gasteiger partial charge in [0.2, 0.25) is 7.59 Å². The fraction of sp³-hybridized carbons (Fsp3) is 0.643. The molecule has 0 bridgehead atoms. The third-order valence-corrected chi connectivity index (χ3v) is 6.00. The molecule has 3 heterocycles. The fourth-order valence-corrected chi connectivity index (χ4v) is 4.73. The minimum absolute atomic E-state index is 0.171. The molecule has 1 aliphatic heterocycles. The van der Waals surface area contributed by atoms with Gasteiger partial charge < -0.3 is 10.5 Å². The molecule has 1 fully saturated rings. The number of aromatic nitrogens is 4. The lowest BCUT2D eigenvalue weighted by molar-refractivity contribution is 0.0393. The van der Waals surface area contributed by atoms with E-state index in [9.17, 15) is 4.57 Å². The van der Waals surface area contributed by atoms with Gasteiger partial charge in [0, 0.05) is 12.6 Å². The van der Waals surface area contributed by atoms with Crippen LogP contribution in [-0.2, 0) is 22.9 Å². The van der Waals surface area contributed by atoms with Gasteiger partial charge in [-0.1, -0.05) is 74.8 Å². The van der Waals surface area contributed by atoms with E-state index in [0.29, 0.717) is 23.3 Å². The number of alkyl halides is 6. The van der Waals surface area contributed by atoms with E-state index in [1.165, 1.54) is 0 Å². The number of ether oxygens (including phenoxy) is 1. The Hall–Kier alpha value is 0.160. The van der Waals surface area contributed by atoms with Crippen LogP contribution in [0.1, 0.15) is 12.5 Å². The average molecular weight is 578 g/mol. The zero-order valence-corrected chi connectivity index (χ0v) is 20.9. The minimum atomic E-state index is -4.24. The maximum atomic E-state index is 12.9. The predicted molar refractivity (Wildman–Crippen MR) is 119 cm³/mol. The van der Waals surface area contributed by atoms with Crippen LogP contribution in [-0.4, -0.2) is 60.1 Å². The number of pyridine rings is 1. The number of phosphoric ester groups is 1. The lowest BCUT2D eigenvalue weighted by atomic mass is 10.2. The van der Waals surface area contributed by atoms with Gasteiger partial charge in [-0.15, -0.1) is 5.10 Å². The van der Waals surface area contributed by atoms with Crippen molar-refractivity contribution < 1.29 is 22.9 Å². The Balaban J connectivity index is 1.62. The first kappa shape index (κ1) is 25.8. The van der Waals surface area contributed by atoms with Crippen LogP contribution < -0.4 is 5.73 Å². The van der Waals surface area contributed by atoms with Gasteiger partial charge in [0.1, 0.15) is 13.2 Å². The largest absolute Gasteiger partial charge is 0.475 e. The van der Waals surface area contributed by atoms with Crippen molar-refractivity contribution in [3.63, 3.8) is 0 Å². The summed E-state index contributed by atoms with van der Waals surface area (Å²) in [6, 6.07) is 1.44. The van der Waals surface area contributed by atoms with E-state index in [1.807, 2.05) is 0 Å². The third-order valence-electron chi connectivity index (χ3n) is 3.99.